The van der Waals surface area contributed by atoms with Gasteiger partial charge in [-0.05, 0) is 6.42 Å². The number of likely N-dealkylation sites (tertiary alicyclic amines) is 1. The van der Waals surface area contributed by atoms with Gasteiger partial charge in [-0.25, -0.2) is 0 Å². The molecule has 1 fully saturated rings. The molecule has 1 aromatic heterocycles. The molecule has 2 aromatic rings. The molecule has 0 aliphatic carbocycles. The molecule has 19 heavy (non-hydrogen) atoms. The van der Waals surface area contributed by atoms with Crippen LogP contribution in [0.25, 0.3) is 10.8 Å². The molecular weight excluding hydrogens is 264 g/mol. The number of nitrogens with zero attached hydrogens (tertiary/aromatic N) is 3. The molecule has 1 aromatic carbocycles. The maximum atomic E-state index is 11.9. The highest BCUT2D eigenvalue weighted by atomic mass is 35.5. The molecule has 0 bridgehead atoms. The lowest BCUT2D eigenvalue weighted by atomic mass is 10.1. The van der Waals surface area contributed by atoms with E-state index in [1.807, 2.05) is 24.3 Å². The van der Waals surface area contributed by atoms with Crippen molar-refractivity contribution < 1.29 is 4.79 Å². The van der Waals surface area contributed by atoms with E-state index in [9.17, 15) is 4.79 Å². The quantitative estimate of drug-likeness (QED) is 0.910. The number of nitrogens with one attached hydrogen (secondary N) is 1. The Kier molecular flexibility index (Phi) is 2.98. The number of fused-ring (bicyclic) bond motifs is 1. The van der Waals surface area contributed by atoms with E-state index in [1.54, 1.807) is 11.9 Å². The minimum absolute atomic E-state index is 0.0841. The van der Waals surface area contributed by atoms with Crippen LogP contribution in [0.15, 0.2) is 24.3 Å². The number of hydrogen-bond donors (Lipinski definition) is 1. The van der Waals surface area contributed by atoms with Crippen molar-refractivity contribution in [2.24, 2.45) is 0 Å². The molecule has 98 valence electrons. The fourth-order valence-corrected chi connectivity index (χ4v) is 2.50. The van der Waals surface area contributed by atoms with Crippen LogP contribution in [0, 0.1) is 0 Å². The largest absolute Gasteiger partial charge is 0.356 e. The van der Waals surface area contributed by atoms with E-state index in [2.05, 4.69) is 15.5 Å². The van der Waals surface area contributed by atoms with Crippen molar-refractivity contribution in [3.63, 3.8) is 0 Å². The number of benzene rings is 1. The van der Waals surface area contributed by atoms with Crippen molar-refractivity contribution in [3.05, 3.63) is 29.4 Å². The zero-order valence-electron chi connectivity index (χ0n) is 10.4. The second kappa shape index (κ2) is 4.66. The van der Waals surface area contributed by atoms with Gasteiger partial charge in [-0.3, -0.25) is 4.79 Å². The molecule has 5 nitrogen and oxygen atoms in total. The Morgan fingerprint density at radius 2 is 2.05 bits per heavy atom. The van der Waals surface area contributed by atoms with Crippen LogP contribution >= 0.6 is 11.6 Å². The molecule has 1 saturated heterocycles. The molecule has 6 heteroatoms. The number of hydrogen-bond acceptors (Lipinski definition) is 4. The van der Waals surface area contributed by atoms with E-state index in [4.69, 9.17) is 11.6 Å². The Morgan fingerprint density at radius 1 is 1.32 bits per heavy atom. The van der Waals surface area contributed by atoms with Gasteiger partial charge in [0.15, 0.2) is 11.0 Å². The SMILES string of the molecule is CN1CCC(Nc2nnc(Cl)c3ccccc23)C1=O. The van der Waals surface area contributed by atoms with Gasteiger partial charge in [0.25, 0.3) is 0 Å². The Morgan fingerprint density at radius 3 is 2.74 bits per heavy atom. The van der Waals surface area contributed by atoms with Crippen molar-refractivity contribution >= 4 is 34.1 Å². The van der Waals surface area contributed by atoms with Gasteiger partial charge in [-0.15, -0.1) is 10.2 Å². The fraction of sp³-hybridized carbons (Fsp3) is 0.308. The number of likely N-dealkylation sites (N-methyl/N-ethyl adjacent to an activating group) is 1. The lowest BCUT2D eigenvalue weighted by Gasteiger charge is -2.14. The maximum absolute atomic E-state index is 11.9. The highest BCUT2D eigenvalue weighted by Crippen LogP contribution is 2.27. The summed E-state index contributed by atoms with van der Waals surface area (Å²) in [4.78, 5) is 13.6. The number of halogens is 1. The number of amides is 1. The molecule has 0 radical (unpaired) electrons. The van der Waals surface area contributed by atoms with Gasteiger partial charge in [0.2, 0.25) is 5.91 Å². The Bertz CT molecular complexity index is 646. The average molecular weight is 277 g/mol. The molecular formula is C13H13ClN4O. The monoisotopic (exact) mass is 276 g/mol. The molecule has 1 amide bonds. The number of anilines is 1. The average Bonchev–Trinajstić information content (AvgIpc) is 2.74. The number of rotatable bonds is 2. The highest BCUT2D eigenvalue weighted by Gasteiger charge is 2.29. The zero-order valence-corrected chi connectivity index (χ0v) is 11.2. The van der Waals surface area contributed by atoms with E-state index < -0.39 is 0 Å². The molecule has 0 spiro atoms. The second-order valence-corrected chi connectivity index (χ2v) is 4.99. The minimum atomic E-state index is -0.233. The van der Waals surface area contributed by atoms with Gasteiger partial charge in [0.1, 0.15) is 6.04 Å². The molecule has 0 saturated carbocycles. The first kappa shape index (κ1) is 12.2. The topological polar surface area (TPSA) is 58.1 Å². The summed E-state index contributed by atoms with van der Waals surface area (Å²) in [6.45, 7) is 0.759. The summed E-state index contributed by atoms with van der Waals surface area (Å²) in [5, 5.41) is 13.2. The lowest BCUT2D eigenvalue weighted by molar-refractivity contribution is -0.127. The summed E-state index contributed by atoms with van der Waals surface area (Å²) in [6.07, 6.45) is 0.772. The fourth-order valence-electron chi connectivity index (χ4n) is 2.30. The number of aromatic nitrogens is 2. The van der Waals surface area contributed by atoms with Crippen molar-refractivity contribution in [1.82, 2.24) is 15.1 Å². The van der Waals surface area contributed by atoms with Crippen molar-refractivity contribution in [2.45, 2.75) is 12.5 Å². The first-order chi connectivity index (χ1) is 9.16. The normalized spacial score (nSPS) is 19.2. The third-order valence-corrected chi connectivity index (χ3v) is 3.66. The summed E-state index contributed by atoms with van der Waals surface area (Å²) in [5.74, 6) is 0.689. The van der Waals surface area contributed by atoms with Crippen molar-refractivity contribution in [1.29, 1.82) is 0 Å². The van der Waals surface area contributed by atoms with Gasteiger partial charge in [-0.1, -0.05) is 35.9 Å². The molecule has 1 atom stereocenters. The summed E-state index contributed by atoms with van der Waals surface area (Å²) in [7, 11) is 1.80. The Labute approximate surface area is 115 Å². The van der Waals surface area contributed by atoms with Crippen LogP contribution in [0.5, 0.6) is 0 Å². The molecule has 1 unspecified atom stereocenters. The Balaban J connectivity index is 1.98. The van der Waals surface area contributed by atoms with Crippen LogP contribution in [0.4, 0.5) is 5.82 Å². The summed E-state index contributed by atoms with van der Waals surface area (Å²) >= 11 is 6.02. The van der Waals surface area contributed by atoms with Gasteiger partial charge in [0, 0.05) is 24.4 Å². The third-order valence-electron chi connectivity index (χ3n) is 3.38. The van der Waals surface area contributed by atoms with Crippen LogP contribution < -0.4 is 5.32 Å². The van der Waals surface area contributed by atoms with Crippen LogP contribution in [0.3, 0.4) is 0 Å². The number of carbonyl (C=O) groups is 1. The third kappa shape index (κ3) is 2.10. The minimum Gasteiger partial charge on any atom is -0.356 e. The first-order valence-electron chi connectivity index (χ1n) is 6.09. The first-order valence-corrected chi connectivity index (χ1v) is 6.47. The van der Waals surface area contributed by atoms with Crippen LogP contribution in [-0.2, 0) is 4.79 Å². The van der Waals surface area contributed by atoms with E-state index >= 15 is 0 Å². The van der Waals surface area contributed by atoms with Crippen LogP contribution in [0.2, 0.25) is 5.15 Å². The van der Waals surface area contributed by atoms with Gasteiger partial charge >= 0.3 is 0 Å². The molecule has 1 aliphatic rings. The highest BCUT2D eigenvalue weighted by molar-refractivity contribution is 6.34. The summed E-state index contributed by atoms with van der Waals surface area (Å²) < 4.78 is 0. The smallest absolute Gasteiger partial charge is 0.244 e. The summed E-state index contributed by atoms with van der Waals surface area (Å²) in [6, 6.07) is 7.38. The van der Waals surface area contributed by atoms with E-state index in [0.717, 1.165) is 23.7 Å². The van der Waals surface area contributed by atoms with Gasteiger partial charge in [-0.2, -0.15) is 0 Å². The van der Waals surface area contributed by atoms with Gasteiger partial charge < -0.3 is 10.2 Å². The molecule has 3 rings (SSSR count). The van der Waals surface area contributed by atoms with Crippen LogP contribution in [0.1, 0.15) is 6.42 Å². The van der Waals surface area contributed by atoms with E-state index in [-0.39, 0.29) is 11.9 Å². The molecule has 2 heterocycles. The lowest BCUT2D eigenvalue weighted by Crippen LogP contribution is -2.31. The number of carbonyl (C=O) groups excluding carboxylic acids is 1. The molecule has 1 aliphatic heterocycles. The van der Waals surface area contributed by atoms with Crippen LogP contribution in [-0.4, -0.2) is 40.6 Å². The second-order valence-electron chi connectivity index (χ2n) is 4.63. The summed E-state index contributed by atoms with van der Waals surface area (Å²) in [5.41, 5.74) is 0. The van der Waals surface area contributed by atoms with Crippen molar-refractivity contribution in [2.75, 3.05) is 18.9 Å². The standard InChI is InChI=1S/C13H13ClN4O/c1-18-7-6-10(13(18)19)15-12-9-5-3-2-4-8(9)11(14)16-17-12/h2-5,10H,6-7H2,1H3,(H,15,17). The predicted octanol–water partition coefficient (Wildman–Crippen LogP) is 1.93. The Hall–Kier alpha value is -1.88. The van der Waals surface area contributed by atoms with E-state index in [1.165, 1.54) is 0 Å². The van der Waals surface area contributed by atoms with Gasteiger partial charge in [0.05, 0.1) is 0 Å². The van der Waals surface area contributed by atoms with E-state index in [0.29, 0.717) is 11.0 Å². The predicted molar refractivity (Wildman–Crippen MR) is 74.2 cm³/mol. The van der Waals surface area contributed by atoms with Crippen molar-refractivity contribution in [3.8, 4) is 0 Å². The zero-order chi connectivity index (χ0) is 13.4. The maximum Gasteiger partial charge on any atom is 0.244 e. The molecule has 1 N–H and O–H groups in total.